The predicted molar refractivity (Wildman–Crippen MR) is 163 cm³/mol. The van der Waals surface area contributed by atoms with E-state index < -0.39 is 7.92 Å². The third-order valence-corrected chi connectivity index (χ3v) is 12.8. The zero-order valence-corrected chi connectivity index (χ0v) is 23.9. The molecule has 0 N–H and O–H groups in total. The molecule has 0 radical (unpaired) electrons. The van der Waals surface area contributed by atoms with Gasteiger partial charge in [-0.15, -0.1) is 0 Å². The van der Waals surface area contributed by atoms with E-state index in [1.807, 2.05) is 0 Å². The van der Waals surface area contributed by atoms with Crippen LogP contribution in [0, 0.1) is 16.7 Å². The van der Waals surface area contributed by atoms with Crippen molar-refractivity contribution in [2.45, 2.75) is 51.9 Å². The van der Waals surface area contributed by atoms with Gasteiger partial charge in [-0.1, -0.05) is 129 Å². The second kappa shape index (κ2) is 10.0. The third kappa shape index (κ3) is 4.12. The minimum atomic E-state index is -0.717. The SMILES string of the molecule is CC1(C)[C@@H]2CC[C@]13COC(c1ccccc1P(c1ccccc1)c1ccccc1)N(Cc1ccccc1)C3C2. The maximum absolute atomic E-state index is 7.12. The van der Waals surface area contributed by atoms with E-state index in [4.69, 9.17) is 4.74 Å². The molecule has 3 aliphatic rings. The van der Waals surface area contributed by atoms with Crippen molar-refractivity contribution >= 4 is 23.8 Å². The number of hydrogen-bond donors (Lipinski definition) is 0. The summed E-state index contributed by atoms with van der Waals surface area (Å²) in [5.41, 5.74) is 3.26. The summed E-state index contributed by atoms with van der Waals surface area (Å²) in [6.07, 6.45) is 3.87. The van der Waals surface area contributed by atoms with Crippen molar-refractivity contribution in [3.8, 4) is 0 Å². The van der Waals surface area contributed by atoms with Gasteiger partial charge in [0.15, 0.2) is 0 Å². The number of ether oxygens (including phenoxy) is 1. The van der Waals surface area contributed by atoms with Crippen LogP contribution in [0.1, 0.15) is 50.5 Å². The minimum Gasteiger partial charge on any atom is -0.358 e. The summed E-state index contributed by atoms with van der Waals surface area (Å²) in [4.78, 5) is 2.75. The molecule has 4 aromatic carbocycles. The first-order valence-corrected chi connectivity index (χ1v) is 15.8. The van der Waals surface area contributed by atoms with Crippen molar-refractivity contribution in [2.75, 3.05) is 6.61 Å². The van der Waals surface area contributed by atoms with Crippen LogP contribution in [-0.2, 0) is 11.3 Å². The Morgan fingerprint density at radius 2 is 1.36 bits per heavy atom. The lowest BCUT2D eigenvalue weighted by Gasteiger charge is -2.54. The van der Waals surface area contributed by atoms with Gasteiger partial charge in [0.25, 0.3) is 0 Å². The Balaban J connectivity index is 1.35. The third-order valence-electron chi connectivity index (χ3n) is 10.3. The zero-order chi connectivity index (χ0) is 26.5. The standard InChI is InChI=1S/C36H38NOP/c1-35(2)28-22-23-36(35)26-38-34(37(33(36)24-28)25-27-14-6-3-7-15-27)31-20-12-13-21-32(31)39(29-16-8-4-9-17-29)30-18-10-5-11-19-30/h3-21,28,33-34H,22-26H2,1-2H3/t28-,33?,34?,36-/m1/s1. The van der Waals surface area contributed by atoms with Crippen LogP contribution in [0.2, 0.25) is 0 Å². The summed E-state index contributed by atoms with van der Waals surface area (Å²) in [6.45, 7) is 6.82. The first kappa shape index (κ1) is 25.2. The number of nitrogens with zero attached hydrogens (tertiary/aromatic N) is 1. The monoisotopic (exact) mass is 531 g/mol. The Kier molecular flexibility index (Phi) is 6.47. The summed E-state index contributed by atoms with van der Waals surface area (Å²) in [6, 6.07) is 42.8. The molecule has 4 atom stereocenters. The molecule has 1 saturated heterocycles. The Morgan fingerprint density at radius 1 is 0.769 bits per heavy atom. The Bertz CT molecular complexity index is 1380. The lowest BCUT2D eigenvalue weighted by molar-refractivity contribution is -0.204. The van der Waals surface area contributed by atoms with Crippen molar-refractivity contribution in [2.24, 2.45) is 16.7 Å². The van der Waals surface area contributed by atoms with E-state index in [2.05, 4.69) is 134 Å². The molecule has 1 aliphatic heterocycles. The highest BCUT2D eigenvalue weighted by molar-refractivity contribution is 7.79. The molecule has 2 aliphatic carbocycles. The van der Waals surface area contributed by atoms with Gasteiger partial charge >= 0.3 is 0 Å². The van der Waals surface area contributed by atoms with Crippen LogP contribution in [0.5, 0.6) is 0 Å². The van der Waals surface area contributed by atoms with Crippen LogP contribution in [0.15, 0.2) is 115 Å². The van der Waals surface area contributed by atoms with Crippen molar-refractivity contribution in [3.63, 3.8) is 0 Å². The summed E-state index contributed by atoms with van der Waals surface area (Å²) < 4.78 is 7.12. The highest BCUT2D eigenvalue weighted by Gasteiger charge is 2.67. The van der Waals surface area contributed by atoms with Gasteiger partial charge in [0.05, 0.1) is 6.61 Å². The van der Waals surface area contributed by atoms with Gasteiger partial charge < -0.3 is 4.74 Å². The Morgan fingerprint density at radius 3 is 2.00 bits per heavy atom. The van der Waals surface area contributed by atoms with Crippen LogP contribution in [0.25, 0.3) is 0 Å². The van der Waals surface area contributed by atoms with E-state index in [1.54, 1.807) is 0 Å². The molecule has 1 spiro atoms. The van der Waals surface area contributed by atoms with Crippen LogP contribution in [0.3, 0.4) is 0 Å². The molecular weight excluding hydrogens is 493 g/mol. The van der Waals surface area contributed by atoms with E-state index in [9.17, 15) is 0 Å². The van der Waals surface area contributed by atoms with Gasteiger partial charge in [0.1, 0.15) is 6.23 Å². The Hall–Kier alpha value is -2.77. The molecule has 0 aromatic heterocycles. The van der Waals surface area contributed by atoms with Gasteiger partial charge in [-0.2, -0.15) is 0 Å². The zero-order valence-electron chi connectivity index (χ0n) is 23.0. The lowest BCUT2D eigenvalue weighted by atomic mass is 9.67. The topological polar surface area (TPSA) is 12.5 Å². The van der Waals surface area contributed by atoms with E-state index in [0.29, 0.717) is 11.5 Å². The van der Waals surface area contributed by atoms with Crippen LogP contribution in [0.4, 0.5) is 0 Å². The van der Waals surface area contributed by atoms with Crippen molar-refractivity contribution in [1.82, 2.24) is 4.90 Å². The van der Waals surface area contributed by atoms with Crippen LogP contribution < -0.4 is 15.9 Å². The molecule has 2 saturated carbocycles. The van der Waals surface area contributed by atoms with E-state index >= 15 is 0 Å². The van der Waals surface area contributed by atoms with Crippen molar-refractivity contribution < 1.29 is 4.74 Å². The average molecular weight is 532 g/mol. The van der Waals surface area contributed by atoms with Gasteiger partial charge in [-0.25, -0.2) is 0 Å². The summed E-state index contributed by atoms with van der Waals surface area (Å²) in [7, 11) is -0.717. The fraction of sp³-hybridized carbons (Fsp3) is 0.333. The van der Waals surface area contributed by atoms with E-state index in [1.165, 1.54) is 46.3 Å². The van der Waals surface area contributed by atoms with Crippen molar-refractivity contribution in [1.29, 1.82) is 0 Å². The summed E-state index contributed by atoms with van der Waals surface area (Å²) in [5, 5.41) is 4.18. The molecule has 3 fully saturated rings. The molecule has 2 bridgehead atoms. The first-order valence-electron chi connectivity index (χ1n) is 14.5. The first-order chi connectivity index (χ1) is 19.1. The molecule has 198 valence electrons. The van der Waals surface area contributed by atoms with E-state index in [0.717, 1.165) is 19.1 Å². The number of rotatable bonds is 6. The lowest BCUT2D eigenvalue weighted by Crippen LogP contribution is -2.57. The molecule has 3 heteroatoms. The number of fused-ring (bicyclic) bond motifs is 1. The maximum atomic E-state index is 7.12. The van der Waals surface area contributed by atoms with Crippen molar-refractivity contribution in [3.05, 3.63) is 126 Å². The van der Waals surface area contributed by atoms with Gasteiger partial charge in [0, 0.05) is 23.6 Å². The van der Waals surface area contributed by atoms with Gasteiger partial charge in [-0.05, 0) is 60.0 Å². The molecule has 2 unspecified atom stereocenters. The second-order valence-corrected chi connectivity index (χ2v) is 14.4. The van der Waals surface area contributed by atoms with Gasteiger partial charge in [0.2, 0.25) is 0 Å². The maximum Gasteiger partial charge on any atom is 0.137 e. The average Bonchev–Trinajstić information content (AvgIpc) is 3.36. The van der Waals surface area contributed by atoms with E-state index in [-0.39, 0.29) is 11.6 Å². The highest BCUT2D eigenvalue weighted by atomic mass is 31.1. The quantitative estimate of drug-likeness (QED) is 0.245. The number of hydrogen-bond acceptors (Lipinski definition) is 2. The molecule has 1 heterocycles. The molecule has 7 rings (SSSR count). The molecule has 0 amide bonds. The Labute approximate surface area is 234 Å². The summed E-state index contributed by atoms with van der Waals surface area (Å²) >= 11 is 0. The molecular formula is C36H38NOP. The molecule has 39 heavy (non-hydrogen) atoms. The minimum absolute atomic E-state index is 0.0513. The fourth-order valence-electron chi connectivity index (χ4n) is 8.06. The largest absolute Gasteiger partial charge is 0.358 e. The fourth-order valence-corrected chi connectivity index (χ4v) is 10.5. The van der Waals surface area contributed by atoms with Gasteiger partial charge in [-0.3, -0.25) is 4.90 Å². The molecule has 2 nitrogen and oxygen atoms in total. The smallest absolute Gasteiger partial charge is 0.137 e. The van der Waals surface area contributed by atoms with Crippen LogP contribution >= 0.6 is 7.92 Å². The predicted octanol–water partition coefficient (Wildman–Crippen LogP) is 7.17. The normalized spacial score (nSPS) is 27.5. The highest BCUT2D eigenvalue weighted by Crippen LogP contribution is 2.69. The summed E-state index contributed by atoms with van der Waals surface area (Å²) in [5.74, 6) is 0.782. The van der Waals surface area contributed by atoms with Crippen LogP contribution in [-0.4, -0.2) is 17.5 Å². The second-order valence-electron chi connectivity index (χ2n) is 12.3. The molecule has 4 aromatic rings. The number of benzene rings is 4.